The summed E-state index contributed by atoms with van der Waals surface area (Å²) in [5.41, 5.74) is 1.88. The molecule has 0 unspecified atom stereocenters. The molecule has 6 nitrogen and oxygen atoms in total. The standard InChI is InChI=1S/C26H28F3N3O3/c1-2-3-5-17-7-9-18(10-8-17)11-12-19-13-14-20(16-21(19)26(27,28)29)23-30-24(35-31-23)22-6-4-15-32(22)25(33)34/h7-10,13-14,16,22H,2-6,11-12,15H2,1H3,(H,33,34)/t22-/m0/s1. The number of carbonyl (C=O) groups is 1. The highest BCUT2D eigenvalue weighted by Gasteiger charge is 2.36. The average Bonchev–Trinajstić information content (AvgIpc) is 3.51. The van der Waals surface area contributed by atoms with Crippen molar-refractivity contribution in [2.24, 2.45) is 0 Å². The lowest BCUT2D eigenvalue weighted by Gasteiger charge is -2.17. The number of benzene rings is 2. The monoisotopic (exact) mass is 487 g/mol. The number of amides is 1. The van der Waals surface area contributed by atoms with Crippen molar-refractivity contribution >= 4 is 6.09 Å². The van der Waals surface area contributed by atoms with Gasteiger partial charge in [-0.3, -0.25) is 4.90 Å². The van der Waals surface area contributed by atoms with Crippen molar-refractivity contribution in [3.8, 4) is 11.4 Å². The Morgan fingerprint density at radius 2 is 1.83 bits per heavy atom. The molecule has 1 N–H and O–H groups in total. The Bertz CT molecular complexity index is 1160. The third-order valence-electron chi connectivity index (χ3n) is 6.42. The van der Waals surface area contributed by atoms with Gasteiger partial charge in [0, 0.05) is 12.1 Å². The predicted molar refractivity (Wildman–Crippen MR) is 124 cm³/mol. The first kappa shape index (κ1) is 24.8. The molecule has 9 heteroatoms. The molecule has 0 spiro atoms. The number of alkyl halides is 3. The first-order chi connectivity index (χ1) is 16.8. The Labute approximate surface area is 201 Å². The van der Waals surface area contributed by atoms with Crippen molar-refractivity contribution < 1.29 is 27.6 Å². The second kappa shape index (κ2) is 10.5. The van der Waals surface area contributed by atoms with Gasteiger partial charge in [-0.15, -0.1) is 0 Å². The van der Waals surface area contributed by atoms with Gasteiger partial charge in [0.2, 0.25) is 11.7 Å². The summed E-state index contributed by atoms with van der Waals surface area (Å²) in [5.74, 6) is 0.108. The number of likely N-dealkylation sites (tertiary alicyclic amines) is 1. The average molecular weight is 488 g/mol. The first-order valence-corrected chi connectivity index (χ1v) is 11.9. The van der Waals surface area contributed by atoms with Gasteiger partial charge in [0.15, 0.2) is 0 Å². The zero-order chi connectivity index (χ0) is 25.0. The minimum atomic E-state index is -4.53. The lowest BCUT2D eigenvalue weighted by atomic mass is 9.96. The molecule has 1 aliphatic heterocycles. The summed E-state index contributed by atoms with van der Waals surface area (Å²) in [5, 5.41) is 13.1. The number of aromatic nitrogens is 2. The molecule has 1 atom stereocenters. The number of halogens is 3. The molecule has 1 aromatic heterocycles. The number of rotatable bonds is 8. The zero-order valence-corrected chi connectivity index (χ0v) is 19.5. The van der Waals surface area contributed by atoms with Gasteiger partial charge in [-0.2, -0.15) is 18.2 Å². The van der Waals surface area contributed by atoms with Gasteiger partial charge >= 0.3 is 12.3 Å². The van der Waals surface area contributed by atoms with Gasteiger partial charge in [0.1, 0.15) is 6.04 Å². The van der Waals surface area contributed by atoms with E-state index in [9.17, 15) is 23.1 Å². The molecule has 1 aliphatic rings. The van der Waals surface area contributed by atoms with Crippen LogP contribution in [0.2, 0.25) is 0 Å². The maximum absolute atomic E-state index is 13.9. The van der Waals surface area contributed by atoms with Crippen molar-refractivity contribution in [1.82, 2.24) is 15.0 Å². The van der Waals surface area contributed by atoms with E-state index in [-0.39, 0.29) is 29.3 Å². The molecule has 2 heterocycles. The van der Waals surface area contributed by atoms with Gasteiger partial charge in [0.05, 0.1) is 5.56 Å². The van der Waals surface area contributed by atoms with Crippen LogP contribution >= 0.6 is 0 Å². The van der Waals surface area contributed by atoms with E-state index in [1.165, 1.54) is 16.5 Å². The van der Waals surface area contributed by atoms with Crippen LogP contribution in [0.3, 0.4) is 0 Å². The fraction of sp³-hybridized carbons (Fsp3) is 0.423. The van der Waals surface area contributed by atoms with Crippen LogP contribution in [0.25, 0.3) is 11.4 Å². The first-order valence-electron chi connectivity index (χ1n) is 11.9. The van der Waals surface area contributed by atoms with Crippen LogP contribution in [0.15, 0.2) is 47.0 Å². The van der Waals surface area contributed by atoms with Crippen LogP contribution < -0.4 is 0 Å². The van der Waals surface area contributed by atoms with E-state index >= 15 is 0 Å². The quantitative estimate of drug-likeness (QED) is 0.383. The molecule has 1 saturated heterocycles. The Balaban J connectivity index is 1.52. The summed E-state index contributed by atoms with van der Waals surface area (Å²) < 4.78 is 46.9. The van der Waals surface area contributed by atoms with E-state index < -0.39 is 23.9 Å². The fourth-order valence-corrected chi connectivity index (χ4v) is 4.47. The van der Waals surface area contributed by atoms with Crippen LogP contribution in [-0.4, -0.2) is 32.8 Å². The molecule has 0 aliphatic carbocycles. The molecule has 0 bridgehead atoms. The van der Waals surface area contributed by atoms with Crippen molar-refractivity contribution in [2.45, 2.75) is 64.1 Å². The van der Waals surface area contributed by atoms with Gasteiger partial charge < -0.3 is 9.63 Å². The minimum absolute atomic E-state index is 0.0111. The smallest absolute Gasteiger partial charge is 0.416 e. The Morgan fingerprint density at radius 1 is 1.11 bits per heavy atom. The highest BCUT2D eigenvalue weighted by atomic mass is 19.4. The van der Waals surface area contributed by atoms with Gasteiger partial charge in [-0.25, -0.2) is 4.79 Å². The molecular formula is C26H28F3N3O3. The lowest BCUT2D eigenvalue weighted by molar-refractivity contribution is -0.138. The molecule has 0 saturated carbocycles. The maximum Gasteiger partial charge on any atom is 0.416 e. The molecule has 2 aromatic carbocycles. The number of carboxylic acid groups (broad SMARTS) is 1. The van der Waals surface area contributed by atoms with Gasteiger partial charge in [-0.05, 0) is 61.3 Å². The SMILES string of the molecule is CCCCc1ccc(CCc2ccc(-c3noc([C@@H]4CCCN4C(=O)O)n3)cc2C(F)(F)F)cc1. The van der Waals surface area contributed by atoms with Crippen molar-refractivity contribution in [1.29, 1.82) is 0 Å². The molecule has 0 radical (unpaired) electrons. The van der Waals surface area contributed by atoms with E-state index in [0.29, 0.717) is 25.8 Å². The van der Waals surface area contributed by atoms with Crippen molar-refractivity contribution in [3.05, 3.63) is 70.6 Å². The number of unbranched alkanes of at least 4 members (excludes halogenated alkanes) is 1. The van der Waals surface area contributed by atoms with Gasteiger partial charge in [-0.1, -0.05) is 54.9 Å². The summed E-state index contributed by atoms with van der Waals surface area (Å²) in [6.07, 6.45) is -0.468. The number of nitrogens with zero attached hydrogens (tertiary/aromatic N) is 3. The van der Waals surface area contributed by atoms with E-state index in [4.69, 9.17) is 4.52 Å². The van der Waals surface area contributed by atoms with Crippen LogP contribution in [-0.2, 0) is 25.4 Å². The highest BCUT2D eigenvalue weighted by Crippen LogP contribution is 2.36. The molecule has 1 fully saturated rings. The number of aryl methyl sites for hydroxylation is 3. The van der Waals surface area contributed by atoms with Crippen LogP contribution in [0.5, 0.6) is 0 Å². The van der Waals surface area contributed by atoms with Gasteiger partial charge in [0.25, 0.3) is 0 Å². The summed E-state index contributed by atoms with van der Waals surface area (Å²) in [4.78, 5) is 16.8. The third kappa shape index (κ3) is 5.83. The van der Waals surface area contributed by atoms with Crippen LogP contribution in [0.1, 0.15) is 66.8 Å². The predicted octanol–water partition coefficient (Wildman–Crippen LogP) is 6.70. The molecular weight excluding hydrogens is 459 g/mol. The van der Waals surface area contributed by atoms with Crippen LogP contribution in [0.4, 0.5) is 18.0 Å². The molecule has 4 rings (SSSR count). The molecule has 35 heavy (non-hydrogen) atoms. The fourth-order valence-electron chi connectivity index (χ4n) is 4.47. The third-order valence-corrected chi connectivity index (χ3v) is 6.42. The second-order valence-electron chi connectivity index (χ2n) is 8.88. The van der Waals surface area contributed by atoms with Crippen LogP contribution in [0, 0.1) is 0 Å². The Kier molecular flexibility index (Phi) is 7.42. The summed E-state index contributed by atoms with van der Waals surface area (Å²) in [6.45, 7) is 2.49. The van der Waals surface area contributed by atoms with E-state index in [2.05, 4.69) is 17.1 Å². The number of hydrogen-bond donors (Lipinski definition) is 1. The largest absolute Gasteiger partial charge is 0.465 e. The molecule has 1 amide bonds. The minimum Gasteiger partial charge on any atom is -0.465 e. The molecule has 3 aromatic rings. The zero-order valence-electron chi connectivity index (χ0n) is 19.5. The second-order valence-corrected chi connectivity index (χ2v) is 8.88. The topological polar surface area (TPSA) is 79.5 Å². The number of hydrogen-bond acceptors (Lipinski definition) is 4. The maximum atomic E-state index is 13.9. The van der Waals surface area contributed by atoms with E-state index in [1.54, 1.807) is 6.07 Å². The normalized spacial score (nSPS) is 16.1. The van der Waals surface area contributed by atoms with Crippen molar-refractivity contribution in [2.75, 3.05) is 6.54 Å². The van der Waals surface area contributed by atoms with Crippen molar-refractivity contribution in [3.63, 3.8) is 0 Å². The summed E-state index contributed by atoms with van der Waals surface area (Å²) >= 11 is 0. The van der Waals surface area contributed by atoms with E-state index in [1.807, 2.05) is 24.3 Å². The Hall–Kier alpha value is -3.36. The van der Waals surface area contributed by atoms with E-state index in [0.717, 1.165) is 30.9 Å². The summed E-state index contributed by atoms with van der Waals surface area (Å²) in [7, 11) is 0. The Morgan fingerprint density at radius 3 is 2.49 bits per heavy atom. The lowest BCUT2D eigenvalue weighted by Crippen LogP contribution is -2.28. The summed E-state index contributed by atoms with van der Waals surface area (Å²) in [6, 6.07) is 11.5. The highest BCUT2D eigenvalue weighted by molar-refractivity contribution is 5.66. The molecule has 186 valence electrons.